The number of nitrogens with zero attached hydrogens (tertiary/aromatic N) is 2. The monoisotopic (exact) mass is 310 g/mol. The van der Waals surface area contributed by atoms with Crippen LogP contribution in [-0.2, 0) is 6.54 Å². The zero-order valence-corrected chi connectivity index (χ0v) is 14.4. The summed E-state index contributed by atoms with van der Waals surface area (Å²) < 4.78 is 1.97. The fourth-order valence-electron chi connectivity index (χ4n) is 2.54. The largest absolute Gasteiger partial charge is 0.394 e. The van der Waals surface area contributed by atoms with Gasteiger partial charge in [0.25, 0.3) is 0 Å². The molecule has 0 aliphatic carbocycles. The molecule has 3 N–H and O–H groups in total. The van der Waals surface area contributed by atoms with Gasteiger partial charge >= 0.3 is 6.03 Å². The van der Waals surface area contributed by atoms with Crippen molar-refractivity contribution in [1.82, 2.24) is 20.4 Å². The first kappa shape index (κ1) is 18.5. The highest BCUT2D eigenvalue weighted by molar-refractivity contribution is 5.74. The van der Waals surface area contributed by atoms with Crippen molar-refractivity contribution < 1.29 is 9.90 Å². The van der Waals surface area contributed by atoms with Crippen molar-refractivity contribution >= 4 is 6.03 Å². The Labute approximate surface area is 133 Å². The zero-order valence-electron chi connectivity index (χ0n) is 14.4. The molecule has 1 aromatic rings. The number of carbonyl (C=O) groups is 1. The van der Waals surface area contributed by atoms with Gasteiger partial charge in [-0.1, -0.05) is 20.3 Å². The highest BCUT2D eigenvalue weighted by Gasteiger charge is 2.24. The number of amides is 2. The first-order chi connectivity index (χ1) is 10.3. The lowest BCUT2D eigenvalue weighted by Gasteiger charge is -2.28. The molecule has 0 bridgehead atoms. The second-order valence-electron chi connectivity index (χ2n) is 6.52. The molecular formula is C16H30N4O2. The first-order valence-electron chi connectivity index (χ1n) is 7.97. The third kappa shape index (κ3) is 5.67. The van der Waals surface area contributed by atoms with Gasteiger partial charge in [-0.2, -0.15) is 5.10 Å². The quantitative estimate of drug-likeness (QED) is 0.687. The van der Waals surface area contributed by atoms with Crippen LogP contribution < -0.4 is 10.6 Å². The number of aromatic nitrogens is 2. The molecule has 0 fully saturated rings. The van der Waals surface area contributed by atoms with Crippen LogP contribution in [-0.4, -0.2) is 39.6 Å². The number of nitrogens with one attached hydrogen (secondary N) is 2. The van der Waals surface area contributed by atoms with E-state index in [0.717, 1.165) is 30.8 Å². The average Bonchev–Trinajstić information content (AvgIpc) is 2.75. The second kappa shape index (κ2) is 8.17. The summed E-state index contributed by atoms with van der Waals surface area (Å²) in [6, 6.07) is 1.81. The smallest absolute Gasteiger partial charge is 0.315 e. The van der Waals surface area contributed by atoms with Crippen LogP contribution in [0.4, 0.5) is 4.79 Å². The highest BCUT2D eigenvalue weighted by Crippen LogP contribution is 2.11. The minimum Gasteiger partial charge on any atom is -0.394 e. The standard InChI is InChI=1S/C16H30N4O2/c1-6-7-16(5,11-21)18-15(22)17-9-12(2)10-20-14(4)8-13(3)19-20/h8,12,21H,6-7,9-11H2,1-5H3,(H2,17,18,22). The first-order valence-corrected chi connectivity index (χ1v) is 7.97. The van der Waals surface area contributed by atoms with Crippen molar-refractivity contribution in [3.05, 3.63) is 17.5 Å². The Bertz CT molecular complexity index is 486. The topological polar surface area (TPSA) is 79.2 Å². The van der Waals surface area contributed by atoms with Crippen molar-refractivity contribution in [1.29, 1.82) is 0 Å². The molecule has 1 heterocycles. The van der Waals surface area contributed by atoms with Crippen LogP contribution in [0, 0.1) is 19.8 Å². The predicted molar refractivity (Wildman–Crippen MR) is 87.8 cm³/mol. The van der Waals surface area contributed by atoms with Gasteiger partial charge in [0.1, 0.15) is 0 Å². The lowest BCUT2D eigenvalue weighted by molar-refractivity contribution is 0.162. The Hall–Kier alpha value is -1.56. The van der Waals surface area contributed by atoms with Crippen LogP contribution in [0.15, 0.2) is 6.07 Å². The van der Waals surface area contributed by atoms with E-state index in [9.17, 15) is 9.90 Å². The summed E-state index contributed by atoms with van der Waals surface area (Å²) in [5.74, 6) is 0.273. The van der Waals surface area contributed by atoms with E-state index < -0.39 is 5.54 Å². The number of aryl methyl sites for hydroxylation is 2. The fraction of sp³-hybridized carbons (Fsp3) is 0.750. The molecule has 126 valence electrons. The van der Waals surface area contributed by atoms with Gasteiger partial charge in [0.2, 0.25) is 0 Å². The molecule has 2 atom stereocenters. The molecule has 1 aromatic heterocycles. The molecule has 0 radical (unpaired) electrons. The molecule has 0 saturated heterocycles. The van der Waals surface area contributed by atoms with Crippen LogP contribution in [0.5, 0.6) is 0 Å². The van der Waals surface area contributed by atoms with Gasteiger partial charge in [0.05, 0.1) is 17.8 Å². The molecule has 2 amide bonds. The van der Waals surface area contributed by atoms with E-state index in [1.54, 1.807) is 0 Å². The number of aliphatic hydroxyl groups is 1. The summed E-state index contributed by atoms with van der Waals surface area (Å²) in [5, 5.41) is 19.6. The number of aliphatic hydroxyl groups excluding tert-OH is 1. The summed E-state index contributed by atoms with van der Waals surface area (Å²) >= 11 is 0. The number of hydrogen-bond donors (Lipinski definition) is 3. The third-order valence-electron chi connectivity index (χ3n) is 3.77. The molecule has 6 heteroatoms. The number of urea groups is 1. The molecule has 6 nitrogen and oxygen atoms in total. The Morgan fingerprint density at radius 2 is 2.18 bits per heavy atom. The van der Waals surface area contributed by atoms with Crippen LogP contribution in [0.3, 0.4) is 0 Å². The van der Waals surface area contributed by atoms with Crippen LogP contribution in [0.1, 0.15) is 45.0 Å². The van der Waals surface area contributed by atoms with Crippen molar-refractivity contribution in [2.45, 2.75) is 59.5 Å². The van der Waals surface area contributed by atoms with Crippen molar-refractivity contribution in [2.24, 2.45) is 5.92 Å². The maximum Gasteiger partial charge on any atom is 0.315 e. The van der Waals surface area contributed by atoms with Crippen molar-refractivity contribution in [2.75, 3.05) is 13.2 Å². The van der Waals surface area contributed by atoms with Gasteiger partial charge in [0, 0.05) is 18.8 Å². The summed E-state index contributed by atoms with van der Waals surface area (Å²) in [6.45, 7) is 11.3. The van der Waals surface area contributed by atoms with E-state index in [1.165, 1.54) is 0 Å². The summed E-state index contributed by atoms with van der Waals surface area (Å²) in [6.07, 6.45) is 1.66. The summed E-state index contributed by atoms with van der Waals surface area (Å²) in [7, 11) is 0. The summed E-state index contributed by atoms with van der Waals surface area (Å²) in [4.78, 5) is 12.0. The van der Waals surface area contributed by atoms with Gasteiger partial charge in [-0.15, -0.1) is 0 Å². The van der Waals surface area contributed by atoms with Crippen molar-refractivity contribution in [3.63, 3.8) is 0 Å². The van der Waals surface area contributed by atoms with Gasteiger partial charge in [-0.05, 0) is 39.2 Å². The lowest BCUT2D eigenvalue weighted by Crippen LogP contribution is -2.53. The predicted octanol–water partition coefficient (Wildman–Crippen LogP) is 1.99. The van der Waals surface area contributed by atoms with E-state index in [4.69, 9.17) is 0 Å². The lowest BCUT2D eigenvalue weighted by atomic mass is 9.98. The number of hydrogen-bond acceptors (Lipinski definition) is 3. The minimum absolute atomic E-state index is 0.0599. The molecule has 0 aliphatic heterocycles. The molecule has 22 heavy (non-hydrogen) atoms. The van der Waals surface area contributed by atoms with Gasteiger partial charge < -0.3 is 15.7 Å². The van der Waals surface area contributed by atoms with E-state index in [0.29, 0.717) is 6.54 Å². The summed E-state index contributed by atoms with van der Waals surface area (Å²) in [5.41, 5.74) is 1.58. The maximum atomic E-state index is 12.0. The molecule has 0 spiro atoms. The minimum atomic E-state index is -0.558. The normalized spacial score (nSPS) is 15.2. The van der Waals surface area contributed by atoms with E-state index in [2.05, 4.69) is 22.7 Å². The van der Waals surface area contributed by atoms with Crippen molar-refractivity contribution in [3.8, 4) is 0 Å². The Kier molecular flexibility index (Phi) is 6.87. The molecule has 0 saturated carbocycles. The zero-order chi connectivity index (χ0) is 16.8. The third-order valence-corrected chi connectivity index (χ3v) is 3.77. The Morgan fingerprint density at radius 3 is 2.68 bits per heavy atom. The molecular weight excluding hydrogens is 280 g/mol. The van der Waals surface area contributed by atoms with Gasteiger partial charge in [0.15, 0.2) is 0 Å². The molecule has 0 aromatic carbocycles. The Morgan fingerprint density at radius 1 is 1.50 bits per heavy atom. The van der Waals surface area contributed by atoms with Crippen LogP contribution >= 0.6 is 0 Å². The second-order valence-corrected chi connectivity index (χ2v) is 6.52. The van der Waals surface area contributed by atoms with Crippen LogP contribution in [0.25, 0.3) is 0 Å². The van der Waals surface area contributed by atoms with E-state index in [-0.39, 0.29) is 18.6 Å². The SMILES string of the molecule is CCCC(C)(CO)NC(=O)NCC(C)Cn1nc(C)cc1C. The number of rotatable bonds is 8. The fourth-order valence-corrected chi connectivity index (χ4v) is 2.54. The van der Waals surface area contributed by atoms with Gasteiger partial charge in [-0.3, -0.25) is 4.68 Å². The van der Waals surface area contributed by atoms with E-state index >= 15 is 0 Å². The van der Waals surface area contributed by atoms with Crippen LogP contribution in [0.2, 0.25) is 0 Å². The average molecular weight is 310 g/mol. The van der Waals surface area contributed by atoms with Gasteiger partial charge in [-0.25, -0.2) is 4.79 Å². The molecule has 1 rings (SSSR count). The Balaban J connectivity index is 2.41. The highest BCUT2D eigenvalue weighted by atomic mass is 16.3. The molecule has 0 aliphatic rings. The number of carbonyl (C=O) groups excluding carboxylic acids is 1. The van der Waals surface area contributed by atoms with E-state index in [1.807, 2.05) is 38.4 Å². The maximum absolute atomic E-state index is 12.0. The molecule has 2 unspecified atom stereocenters.